The van der Waals surface area contributed by atoms with E-state index in [-0.39, 0.29) is 24.1 Å². The lowest BCUT2D eigenvalue weighted by molar-refractivity contribution is -0.368. The van der Waals surface area contributed by atoms with Crippen LogP contribution in [-0.2, 0) is 19.2 Å². The van der Waals surface area contributed by atoms with E-state index >= 15 is 0 Å². The average Bonchev–Trinajstić information content (AvgIpc) is 2.89. The third kappa shape index (κ3) is 20.8. The molecule has 0 radical (unpaired) electrons. The molecular formula is C28H58N6O4+2. The van der Waals surface area contributed by atoms with Crippen LogP contribution in [0, 0.1) is 0 Å². The van der Waals surface area contributed by atoms with Crippen LogP contribution in [0.2, 0.25) is 0 Å². The minimum absolute atomic E-state index is 0.0848. The molecule has 0 aliphatic rings. The minimum Gasteiger partial charge on any atom is -0.368 e. The highest BCUT2D eigenvalue weighted by atomic mass is 16.2. The topological polar surface area (TPSA) is 186 Å². The van der Waals surface area contributed by atoms with Gasteiger partial charge < -0.3 is 33.2 Å². The Bertz CT molecular complexity index is 647. The van der Waals surface area contributed by atoms with Crippen molar-refractivity contribution in [3.05, 3.63) is 0 Å². The number of carbonyl (C=O) groups is 4. The number of unbranched alkanes of at least 4 members (excludes halogenated alkanes) is 10. The number of nitrogens with one attached hydrogen (secondary N) is 3. The Morgan fingerprint density at radius 1 is 0.632 bits per heavy atom. The Hall–Kier alpha value is -2.20. The number of carbonyl (C=O) groups excluding carboxylic acids is 4. The summed E-state index contributed by atoms with van der Waals surface area (Å²) < 4.78 is 0. The second-order valence-electron chi connectivity index (χ2n) is 10.3. The molecule has 0 saturated heterocycles. The van der Waals surface area contributed by atoms with E-state index in [4.69, 9.17) is 5.73 Å². The molecule has 0 aliphatic carbocycles. The number of quaternary nitrogens is 2. The fourth-order valence-corrected chi connectivity index (χ4v) is 4.32. The number of nitrogens with two attached hydrogens (primary N) is 1. The van der Waals surface area contributed by atoms with E-state index in [1.54, 1.807) is 0 Å². The second-order valence-corrected chi connectivity index (χ2v) is 10.3. The lowest BCUT2D eigenvalue weighted by Gasteiger charge is -2.19. The second kappa shape index (κ2) is 25.1. The van der Waals surface area contributed by atoms with Crippen molar-refractivity contribution in [3.63, 3.8) is 0 Å². The van der Waals surface area contributed by atoms with Crippen LogP contribution < -0.4 is 33.2 Å². The normalized spacial score (nSPS) is 12.5. The molecule has 0 aromatic carbocycles. The van der Waals surface area contributed by atoms with E-state index in [0.29, 0.717) is 32.2 Å². The molecule has 2 unspecified atom stereocenters. The summed E-state index contributed by atoms with van der Waals surface area (Å²) >= 11 is 0. The highest BCUT2D eigenvalue weighted by molar-refractivity contribution is 5.88. The van der Waals surface area contributed by atoms with Gasteiger partial charge in [-0.3, -0.25) is 19.2 Å². The molecule has 10 nitrogen and oxygen atoms in total. The van der Waals surface area contributed by atoms with Gasteiger partial charge in [-0.2, -0.15) is 0 Å². The fourth-order valence-electron chi connectivity index (χ4n) is 4.32. The number of rotatable bonds is 26. The van der Waals surface area contributed by atoms with E-state index in [0.717, 1.165) is 58.0 Å². The highest BCUT2D eigenvalue weighted by Gasteiger charge is 2.21. The highest BCUT2D eigenvalue weighted by Crippen LogP contribution is 2.11. The van der Waals surface area contributed by atoms with Crippen LogP contribution in [0.25, 0.3) is 0 Å². The van der Waals surface area contributed by atoms with Gasteiger partial charge in [0, 0.05) is 19.4 Å². The third-order valence-corrected chi connectivity index (χ3v) is 6.70. The molecular weight excluding hydrogens is 484 g/mol. The lowest BCUT2D eigenvalue weighted by atomic mass is 10.1. The average molecular weight is 543 g/mol. The number of hydrogen-bond donors (Lipinski definition) is 6. The van der Waals surface area contributed by atoms with Crippen LogP contribution in [0.15, 0.2) is 0 Å². The van der Waals surface area contributed by atoms with Gasteiger partial charge in [0.2, 0.25) is 23.6 Å². The van der Waals surface area contributed by atoms with Crippen LogP contribution >= 0.6 is 0 Å². The zero-order valence-corrected chi connectivity index (χ0v) is 24.1. The molecule has 10 heteroatoms. The van der Waals surface area contributed by atoms with E-state index < -0.39 is 18.0 Å². The van der Waals surface area contributed by atoms with Gasteiger partial charge >= 0.3 is 0 Å². The van der Waals surface area contributed by atoms with Gasteiger partial charge in [-0.05, 0) is 51.4 Å². The molecule has 0 rings (SSSR count). The molecule has 0 heterocycles. The standard InChI is InChI=1S/C28H56N6O4/c1-2-3-4-5-6-7-8-9-10-18-25(35)34-24(17-12-14-21-30)28(38)32-22-15-19-26(36)33-23(27(31)37)16-11-13-20-29/h23-24H,2-22,29-30H2,1H3,(H2,31,37)(H,32,38)(H,33,36)(H,34,35)/p+2. The maximum absolute atomic E-state index is 12.7. The predicted molar refractivity (Wildman–Crippen MR) is 150 cm³/mol. The van der Waals surface area contributed by atoms with Gasteiger partial charge in [0.25, 0.3) is 0 Å². The van der Waals surface area contributed by atoms with E-state index in [1.807, 2.05) is 0 Å². The van der Waals surface area contributed by atoms with E-state index in [1.165, 1.54) is 38.5 Å². The predicted octanol–water partition coefficient (Wildman–Crippen LogP) is 1.08. The Balaban J connectivity index is 4.33. The largest absolute Gasteiger partial charge is 0.368 e. The molecule has 0 fully saturated rings. The van der Waals surface area contributed by atoms with Crippen LogP contribution in [0.4, 0.5) is 0 Å². The first kappa shape index (κ1) is 35.8. The summed E-state index contributed by atoms with van der Waals surface area (Å²) in [6.45, 7) is 4.10. The lowest BCUT2D eigenvalue weighted by Crippen LogP contribution is -2.50. The number of hydrogen-bond acceptors (Lipinski definition) is 4. The van der Waals surface area contributed by atoms with Crippen molar-refractivity contribution in [2.45, 2.75) is 135 Å². The summed E-state index contributed by atoms with van der Waals surface area (Å²) in [5.41, 5.74) is 13.0. The zero-order valence-electron chi connectivity index (χ0n) is 24.1. The monoisotopic (exact) mass is 542 g/mol. The summed E-state index contributed by atoms with van der Waals surface area (Å²) in [4.78, 5) is 49.0. The van der Waals surface area contributed by atoms with Crippen LogP contribution in [0.5, 0.6) is 0 Å². The molecule has 0 bridgehead atoms. The van der Waals surface area contributed by atoms with Crippen molar-refractivity contribution in [1.82, 2.24) is 16.0 Å². The summed E-state index contributed by atoms with van der Waals surface area (Å²) in [6, 6.07) is -1.25. The molecule has 38 heavy (non-hydrogen) atoms. The minimum atomic E-state index is -0.679. The molecule has 2 atom stereocenters. The van der Waals surface area contributed by atoms with Gasteiger partial charge in [-0.15, -0.1) is 0 Å². The molecule has 222 valence electrons. The Kier molecular flexibility index (Phi) is 23.6. The summed E-state index contributed by atoms with van der Waals surface area (Å²) in [6.07, 6.45) is 16.2. The number of primary amides is 1. The Morgan fingerprint density at radius 3 is 1.63 bits per heavy atom. The molecule has 4 amide bonds. The maximum atomic E-state index is 12.7. The first-order chi connectivity index (χ1) is 18.3. The first-order valence-electron chi connectivity index (χ1n) is 15.1. The molecule has 0 aliphatic heterocycles. The third-order valence-electron chi connectivity index (χ3n) is 6.70. The van der Waals surface area contributed by atoms with Crippen LogP contribution in [0.1, 0.15) is 122 Å². The smallest absolute Gasteiger partial charge is 0.242 e. The van der Waals surface area contributed by atoms with Crippen molar-refractivity contribution in [3.8, 4) is 0 Å². The number of amides is 4. The van der Waals surface area contributed by atoms with Crippen LogP contribution in [-0.4, -0.2) is 55.3 Å². The fraction of sp³-hybridized carbons (Fsp3) is 0.857. The first-order valence-corrected chi connectivity index (χ1v) is 15.1. The molecule has 0 aromatic heterocycles. The summed E-state index contributed by atoms with van der Waals surface area (Å²) in [5, 5.41) is 8.43. The molecule has 0 saturated carbocycles. The van der Waals surface area contributed by atoms with Gasteiger partial charge in [0.15, 0.2) is 0 Å². The Labute approximate surface area is 230 Å². The quantitative estimate of drug-likeness (QED) is 0.0894. The van der Waals surface area contributed by atoms with Crippen molar-refractivity contribution in [2.24, 2.45) is 5.73 Å². The van der Waals surface area contributed by atoms with Gasteiger partial charge in [-0.25, -0.2) is 0 Å². The van der Waals surface area contributed by atoms with Crippen LogP contribution in [0.3, 0.4) is 0 Å². The van der Waals surface area contributed by atoms with Gasteiger partial charge in [0.05, 0.1) is 13.1 Å². The maximum Gasteiger partial charge on any atom is 0.242 e. The summed E-state index contributed by atoms with van der Waals surface area (Å²) in [5.74, 6) is -1.12. The SMILES string of the molecule is CCCCCCCCCCCC(=O)NC(CCCC[NH3+])C(=O)NCCCC(=O)NC(CCCC[NH3+])C(N)=O. The van der Waals surface area contributed by atoms with Crippen molar-refractivity contribution < 1.29 is 30.6 Å². The van der Waals surface area contributed by atoms with Crippen molar-refractivity contribution in [1.29, 1.82) is 0 Å². The Morgan fingerprint density at radius 2 is 1.11 bits per heavy atom. The molecule has 0 aromatic rings. The van der Waals surface area contributed by atoms with E-state index in [2.05, 4.69) is 34.3 Å². The molecule has 0 spiro atoms. The van der Waals surface area contributed by atoms with Crippen molar-refractivity contribution in [2.75, 3.05) is 19.6 Å². The van der Waals surface area contributed by atoms with Gasteiger partial charge in [0.1, 0.15) is 12.1 Å². The zero-order chi connectivity index (χ0) is 28.4. The molecule has 11 N–H and O–H groups in total. The van der Waals surface area contributed by atoms with E-state index in [9.17, 15) is 19.2 Å². The van der Waals surface area contributed by atoms with Crippen molar-refractivity contribution >= 4 is 23.6 Å². The summed E-state index contributed by atoms with van der Waals surface area (Å²) in [7, 11) is 0. The van der Waals surface area contributed by atoms with Gasteiger partial charge in [-0.1, -0.05) is 58.3 Å².